The van der Waals surface area contributed by atoms with Crippen molar-refractivity contribution in [1.82, 2.24) is 5.32 Å². The number of halogens is 2. The quantitative estimate of drug-likeness (QED) is 0.264. The summed E-state index contributed by atoms with van der Waals surface area (Å²) in [5, 5.41) is 17.9. The van der Waals surface area contributed by atoms with Gasteiger partial charge in [0.2, 0.25) is 0 Å². The van der Waals surface area contributed by atoms with Gasteiger partial charge in [-0.05, 0) is 48.9 Å². The van der Waals surface area contributed by atoms with E-state index in [4.69, 9.17) is 27.6 Å². The number of nitrogens with one attached hydrogen (secondary N) is 2. The van der Waals surface area contributed by atoms with Gasteiger partial charge in [-0.25, -0.2) is 0 Å². The number of hydrogen-bond donors (Lipinski definition) is 2. The van der Waals surface area contributed by atoms with Crippen LogP contribution in [0.25, 0.3) is 17.4 Å². The maximum atomic E-state index is 12.4. The average molecular weight is 476 g/mol. The third-order valence-corrected chi connectivity index (χ3v) is 6.13. The molecule has 0 spiro atoms. The molecule has 4 rings (SSSR count). The van der Waals surface area contributed by atoms with Gasteiger partial charge in [-0.2, -0.15) is 0 Å². The van der Waals surface area contributed by atoms with E-state index in [0.29, 0.717) is 27.0 Å². The first kappa shape index (κ1) is 21.3. The Morgan fingerprint density at radius 3 is 2.77 bits per heavy atom. The molecule has 7 nitrogen and oxygen atoms in total. The number of furan rings is 1. The summed E-state index contributed by atoms with van der Waals surface area (Å²) in [4.78, 5) is 23.4. The SMILES string of the molecule is Cc1ccc(Cl)cc1NC1NC(=O)/C(=C/c2ccc(-c3ccc(Cl)c([N+](=O)[O-])c3)o2)S1. The first-order valence-electron chi connectivity index (χ1n) is 9.06. The molecule has 1 aromatic heterocycles. The molecule has 2 aromatic carbocycles. The van der Waals surface area contributed by atoms with Gasteiger partial charge in [0.15, 0.2) is 5.50 Å². The molecule has 31 heavy (non-hydrogen) atoms. The summed E-state index contributed by atoms with van der Waals surface area (Å²) in [6.45, 7) is 1.95. The summed E-state index contributed by atoms with van der Waals surface area (Å²) in [6.07, 6.45) is 1.63. The maximum absolute atomic E-state index is 12.4. The van der Waals surface area contributed by atoms with Crippen LogP contribution in [0.1, 0.15) is 11.3 Å². The van der Waals surface area contributed by atoms with Crippen LogP contribution in [-0.2, 0) is 4.79 Å². The smallest absolute Gasteiger partial charge is 0.288 e. The van der Waals surface area contributed by atoms with Crippen molar-refractivity contribution in [2.45, 2.75) is 12.4 Å². The lowest BCUT2D eigenvalue weighted by Gasteiger charge is -2.15. The molecule has 158 valence electrons. The molecular weight excluding hydrogens is 461 g/mol. The number of nitro benzene ring substituents is 1. The van der Waals surface area contributed by atoms with Crippen molar-refractivity contribution in [1.29, 1.82) is 0 Å². The predicted molar refractivity (Wildman–Crippen MR) is 123 cm³/mol. The van der Waals surface area contributed by atoms with Gasteiger partial charge < -0.3 is 15.1 Å². The van der Waals surface area contributed by atoms with Crippen LogP contribution in [0.2, 0.25) is 10.0 Å². The van der Waals surface area contributed by atoms with Crippen LogP contribution in [-0.4, -0.2) is 16.3 Å². The summed E-state index contributed by atoms with van der Waals surface area (Å²) >= 11 is 13.2. The molecule has 1 amide bonds. The number of hydrogen-bond acceptors (Lipinski definition) is 6. The minimum atomic E-state index is -0.550. The zero-order chi connectivity index (χ0) is 22.1. The van der Waals surface area contributed by atoms with E-state index in [2.05, 4.69) is 10.6 Å². The lowest BCUT2D eigenvalue weighted by Crippen LogP contribution is -2.31. The second kappa shape index (κ2) is 8.66. The number of carbonyl (C=O) groups is 1. The molecule has 1 saturated heterocycles. The fourth-order valence-electron chi connectivity index (χ4n) is 2.98. The van der Waals surface area contributed by atoms with Crippen LogP contribution in [0.15, 0.2) is 57.9 Å². The monoisotopic (exact) mass is 475 g/mol. The fourth-order valence-corrected chi connectivity index (χ4v) is 4.29. The number of nitrogens with zero attached hydrogens (tertiary/aromatic N) is 1. The third kappa shape index (κ3) is 4.71. The zero-order valence-electron chi connectivity index (χ0n) is 16.0. The maximum Gasteiger partial charge on any atom is 0.288 e. The predicted octanol–water partition coefficient (Wildman–Crippen LogP) is 6.07. The van der Waals surface area contributed by atoms with Gasteiger partial charge >= 0.3 is 0 Å². The largest absolute Gasteiger partial charge is 0.457 e. The first-order valence-corrected chi connectivity index (χ1v) is 10.7. The average Bonchev–Trinajstić information content (AvgIpc) is 3.32. The molecule has 1 aliphatic heterocycles. The van der Waals surface area contributed by atoms with Crippen LogP contribution in [0.4, 0.5) is 11.4 Å². The Kier molecular flexibility index (Phi) is 5.95. The van der Waals surface area contributed by atoms with E-state index in [1.54, 1.807) is 36.4 Å². The highest BCUT2D eigenvalue weighted by Crippen LogP contribution is 2.34. The van der Waals surface area contributed by atoms with E-state index in [0.717, 1.165) is 11.3 Å². The summed E-state index contributed by atoms with van der Waals surface area (Å²) in [5.41, 5.74) is 1.79. The van der Waals surface area contributed by atoms with E-state index in [1.165, 1.54) is 23.9 Å². The normalized spacial score (nSPS) is 17.1. The lowest BCUT2D eigenvalue weighted by atomic mass is 10.1. The Balaban J connectivity index is 1.52. The number of thioether (sulfide) groups is 1. The van der Waals surface area contributed by atoms with Gasteiger partial charge in [-0.3, -0.25) is 14.9 Å². The number of nitro groups is 1. The molecule has 0 saturated carbocycles. The van der Waals surface area contributed by atoms with Gasteiger partial charge in [0.05, 0.1) is 9.83 Å². The molecule has 1 atom stereocenters. The molecule has 1 unspecified atom stereocenters. The molecule has 10 heteroatoms. The van der Waals surface area contributed by atoms with Crippen molar-refractivity contribution in [3.05, 3.63) is 84.9 Å². The Labute approximate surface area is 191 Å². The highest BCUT2D eigenvalue weighted by molar-refractivity contribution is 8.05. The Bertz CT molecular complexity index is 1230. The number of aryl methyl sites for hydroxylation is 1. The Hall–Kier alpha value is -2.94. The molecule has 0 aliphatic carbocycles. The van der Waals surface area contributed by atoms with E-state index in [-0.39, 0.29) is 22.1 Å². The van der Waals surface area contributed by atoms with Crippen molar-refractivity contribution < 1.29 is 14.1 Å². The summed E-state index contributed by atoms with van der Waals surface area (Å²) in [7, 11) is 0. The minimum absolute atomic E-state index is 0.0511. The van der Waals surface area contributed by atoms with Gasteiger partial charge in [0, 0.05) is 28.4 Å². The molecule has 0 bridgehead atoms. The number of benzene rings is 2. The first-order chi connectivity index (χ1) is 14.8. The highest BCUT2D eigenvalue weighted by atomic mass is 35.5. The highest BCUT2D eigenvalue weighted by Gasteiger charge is 2.28. The molecule has 3 aromatic rings. The van der Waals surface area contributed by atoms with Crippen LogP contribution in [0.3, 0.4) is 0 Å². The Morgan fingerprint density at radius 2 is 2.00 bits per heavy atom. The molecule has 0 radical (unpaired) electrons. The standard InChI is InChI=1S/C21H15Cl2N3O4S/c1-11-2-4-13(22)9-16(11)24-21-25-20(27)19(31-21)10-14-5-7-18(30-14)12-3-6-15(23)17(8-12)26(28)29/h2-10,21,24H,1H3,(H,25,27)/b19-10-. The summed E-state index contributed by atoms with van der Waals surface area (Å²) in [5.74, 6) is 0.645. The minimum Gasteiger partial charge on any atom is -0.457 e. The van der Waals surface area contributed by atoms with Gasteiger partial charge in [-0.15, -0.1) is 0 Å². The van der Waals surface area contributed by atoms with Crippen molar-refractivity contribution >= 4 is 58.3 Å². The fraction of sp³-hybridized carbons (Fsp3) is 0.0952. The Morgan fingerprint density at radius 1 is 1.19 bits per heavy atom. The molecule has 1 fully saturated rings. The molecule has 2 N–H and O–H groups in total. The van der Waals surface area contributed by atoms with Crippen LogP contribution in [0.5, 0.6) is 0 Å². The van der Waals surface area contributed by atoms with Gasteiger partial charge in [0.25, 0.3) is 11.6 Å². The van der Waals surface area contributed by atoms with Crippen LogP contribution >= 0.6 is 35.0 Å². The van der Waals surface area contributed by atoms with E-state index < -0.39 is 4.92 Å². The second-order valence-electron chi connectivity index (χ2n) is 6.71. The number of anilines is 1. The second-order valence-corrected chi connectivity index (χ2v) is 8.70. The van der Waals surface area contributed by atoms with E-state index >= 15 is 0 Å². The zero-order valence-corrected chi connectivity index (χ0v) is 18.3. The molecule has 1 aliphatic rings. The van der Waals surface area contributed by atoms with Crippen molar-refractivity contribution in [2.24, 2.45) is 0 Å². The van der Waals surface area contributed by atoms with E-state index in [1.807, 2.05) is 13.0 Å². The summed E-state index contributed by atoms with van der Waals surface area (Å²) < 4.78 is 5.77. The van der Waals surface area contributed by atoms with Gasteiger partial charge in [0.1, 0.15) is 16.5 Å². The third-order valence-electron chi connectivity index (χ3n) is 4.54. The van der Waals surface area contributed by atoms with Crippen LogP contribution < -0.4 is 10.6 Å². The molecule has 2 heterocycles. The van der Waals surface area contributed by atoms with Crippen molar-refractivity contribution in [3.8, 4) is 11.3 Å². The number of carbonyl (C=O) groups excluding carboxylic acids is 1. The topological polar surface area (TPSA) is 97.4 Å². The van der Waals surface area contributed by atoms with E-state index in [9.17, 15) is 14.9 Å². The molecular formula is C21H15Cl2N3O4S. The summed E-state index contributed by atoms with van der Waals surface area (Å²) in [6, 6.07) is 13.3. The van der Waals surface area contributed by atoms with Gasteiger partial charge in [-0.1, -0.05) is 41.0 Å². The van der Waals surface area contributed by atoms with Crippen molar-refractivity contribution in [2.75, 3.05) is 5.32 Å². The number of amides is 1. The number of rotatable bonds is 5. The van der Waals surface area contributed by atoms with Crippen LogP contribution in [0, 0.1) is 17.0 Å². The lowest BCUT2D eigenvalue weighted by molar-refractivity contribution is -0.384. The van der Waals surface area contributed by atoms with Crippen molar-refractivity contribution in [3.63, 3.8) is 0 Å².